The van der Waals surface area contributed by atoms with Crippen LogP contribution in [0.1, 0.15) is 12.0 Å². The van der Waals surface area contributed by atoms with Gasteiger partial charge in [-0.2, -0.15) is 0 Å². The smallest absolute Gasteiger partial charge is 0.242 e. The number of halogens is 3. The molecule has 1 heterocycles. The van der Waals surface area contributed by atoms with E-state index in [0.717, 1.165) is 33.9 Å². The molecule has 3 aromatic carbocycles. The van der Waals surface area contributed by atoms with Gasteiger partial charge in [0, 0.05) is 49.4 Å². The fourth-order valence-corrected chi connectivity index (χ4v) is 7.47. The molecule has 3 aromatic rings. The van der Waals surface area contributed by atoms with E-state index in [-0.39, 0.29) is 10.9 Å². The molecule has 0 spiro atoms. The van der Waals surface area contributed by atoms with Gasteiger partial charge in [0.2, 0.25) is 10.0 Å². The van der Waals surface area contributed by atoms with Crippen molar-refractivity contribution in [2.75, 3.05) is 13.1 Å². The first-order valence-electron chi connectivity index (χ1n) is 10.0. The third kappa shape index (κ3) is 6.17. The summed E-state index contributed by atoms with van der Waals surface area (Å²) in [5, 5.41) is 0.725. The van der Waals surface area contributed by atoms with E-state index in [0.29, 0.717) is 11.0 Å². The second-order valence-electron chi connectivity index (χ2n) is 7.58. The van der Waals surface area contributed by atoms with Gasteiger partial charge < -0.3 is 0 Å². The fourth-order valence-electron chi connectivity index (χ4n) is 3.64. The molecule has 0 aromatic heterocycles. The molecule has 0 bridgehead atoms. The summed E-state index contributed by atoms with van der Waals surface area (Å²) in [5.41, 5.74) is 1.23. The third-order valence-electron chi connectivity index (χ3n) is 5.18. The second kappa shape index (κ2) is 10.6. The molecular formula is C23H21Br2ClN2O2S2. The monoisotopic (exact) mass is 614 g/mol. The van der Waals surface area contributed by atoms with E-state index in [1.165, 1.54) is 10.5 Å². The number of sulfonamides is 1. The first kappa shape index (κ1) is 24.3. The fraction of sp³-hybridized carbons (Fsp3) is 0.217. The predicted octanol–water partition coefficient (Wildman–Crippen LogP) is 6.57. The van der Waals surface area contributed by atoms with Crippen molar-refractivity contribution in [3.8, 4) is 0 Å². The minimum absolute atomic E-state index is 0.123. The van der Waals surface area contributed by atoms with Crippen LogP contribution in [0.4, 0.5) is 0 Å². The van der Waals surface area contributed by atoms with Crippen LogP contribution >= 0.6 is 55.2 Å². The van der Waals surface area contributed by atoms with Crippen molar-refractivity contribution in [1.29, 1.82) is 0 Å². The van der Waals surface area contributed by atoms with Crippen molar-refractivity contribution >= 4 is 65.2 Å². The van der Waals surface area contributed by atoms with Gasteiger partial charge in [-0.15, -0.1) is 0 Å². The quantitative estimate of drug-likeness (QED) is 0.326. The minimum atomic E-state index is -3.61. The average Bonchev–Trinajstić information content (AvgIpc) is 3.19. The van der Waals surface area contributed by atoms with Gasteiger partial charge >= 0.3 is 0 Å². The molecule has 32 heavy (non-hydrogen) atoms. The van der Waals surface area contributed by atoms with Gasteiger partial charge in [0.05, 0.1) is 4.90 Å². The van der Waals surface area contributed by atoms with Gasteiger partial charge in [0.15, 0.2) is 0 Å². The number of hydrogen-bond acceptors (Lipinski definition) is 4. The Bertz CT molecular complexity index is 1210. The number of nitrogens with one attached hydrogen (secondary N) is 1. The zero-order chi connectivity index (χ0) is 22.7. The molecule has 168 valence electrons. The summed E-state index contributed by atoms with van der Waals surface area (Å²) in [4.78, 5) is 4.87. The lowest BCUT2D eigenvalue weighted by molar-refractivity contribution is 0.322. The summed E-state index contributed by atoms with van der Waals surface area (Å²) in [5.74, 6) is 0. The van der Waals surface area contributed by atoms with E-state index >= 15 is 0 Å². The normalized spacial score (nSPS) is 17.0. The van der Waals surface area contributed by atoms with E-state index in [2.05, 4.69) is 53.6 Å². The van der Waals surface area contributed by atoms with Gasteiger partial charge in [0.1, 0.15) is 0 Å². The van der Waals surface area contributed by atoms with E-state index < -0.39 is 10.0 Å². The number of benzene rings is 3. The number of nitrogens with zero attached hydrogens (tertiary/aromatic N) is 1. The highest BCUT2D eigenvalue weighted by Crippen LogP contribution is 2.32. The number of rotatable bonds is 7. The second-order valence-corrected chi connectivity index (χ2v) is 12.6. The van der Waals surface area contributed by atoms with Gasteiger partial charge in [-0.25, -0.2) is 13.1 Å². The first-order chi connectivity index (χ1) is 15.3. The van der Waals surface area contributed by atoms with Crippen LogP contribution in [-0.4, -0.2) is 32.4 Å². The Morgan fingerprint density at radius 2 is 1.81 bits per heavy atom. The van der Waals surface area contributed by atoms with Gasteiger partial charge in [-0.1, -0.05) is 57.5 Å². The van der Waals surface area contributed by atoms with Crippen molar-refractivity contribution in [2.45, 2.75) is 33.7 Å². The van der Waals surface area contributed by atoms with Gasteiger partial charge in [0.25, 0.3) is 0 Å². The summed E-state index contributed by atoms with van der Waals surface area (Å²) in [6, 6.07) is 21.2. The molecule has 1 unspecified atom stereocenters. The highest BCUT2D eigenvalue weighted by molar-refractivity contribution is 9.11. The maximum atomic E-state index is 12.9. The number of hydrogen-bond donors (Lipinski definition) is 1. The lowest BCUT2D eigenvalue weighted by Crippen LogP contribution is -2.37. The molecule has 1 N–H and O–H groups in total. The summed E-state index contributed by atoms with van der Waals surface area (Å²) >= 11 is 14.4. The molecule has 1 saturated heterocycles. The summed E-state index contributed by atoms with van der Waals surface area (Å²) in [6.45, 7) is 2.28. The first-order valence-corrected chi connectivity index (χ1v) is 14.3. The summed E-state index contributed by atoms with van der Waals surface area (Å²) in [6.07, 6.45) is 0.775. The number of likely N-dealkylation sites (tertiary alicyclic amines) is 1. The largest absolute Gasteiger partial charge is 0.297 e. The molecule has 0 saturated carbocycles. The minimum Gasteiger partial charge on any atom is -0.297 e. The maximum absolute atomic E-state index is 12.9. The Hall–Kier alpha value is -0.870. The Morgan fingerprint density at radius 1 is 1.06 bits per heavy atom. The van der Waals surface area contributed by atoms with Crippen LogP contribution in [0, 0.1) is 0 Å². The Balaban J connectivity index is 1.41. The van der Waals surface area contributed by atoms with Crippen LogP contribution in [0.25, 0.3) is 0 Å². The Morgan fingerprint density at radius 3 is 2.59 bits per heavy atom. The van der Waals surface area contributed by atoms with Crippen LogP contribution < -0.4 is 4.72 Å². The van der Waals surface area contributed by atoms with E-state index in [1.807, 2.05) is 36.4 Å². The van der Waals surface area contributed by atoms with Crippen LogP contribution in [-0.2, 0) is 16.6 Å². The highest BCUT2D eigenvalue weighted by atomic mass is 79.9. The topological polar surface area (TPSA) is 49.4 Å². The van der Waals surface area contributed by atoms with Crippen molar-refractivity contribution in [3.05, 3.63) is 86.3 Å². The molecule has 9 heteroatoms. The molecule has 4 rings (SSSR count). The van der Waals surface area contributed by atoms with Crippen LogP contribution in [0.3, 0.4) is 0 Å². The Labute approximate surface area is 215 Å². The Kier molecular flexibility index (Phi) is 8.03. The maximum Gasteiger partial charge on any atom is 0.242 e. The molecule has 1 aliphatic heterocycles. The van der Waals surface area contributed by atoms with Gasteiger partial charge in [-0.05, 0) is 76.4 Å². The van der Waals surface area contributed by atoms with E-state index in [1.54, 1.807) is 30.0 Å². The predicted molar refractivity (Wildman–Crippen MR) is 138 cm³/mol. The highest BCUT2D eigenvalue weighted by Gasteiger charge is 2.28. The van der Waals surface area contributed by atoms with E-state index in [4.69, 9.17) is 11.6 Å². The zero-order valence-corrected chi connectivity index (χ0v) is 22.5. The van der Waals surface area contributed by atoms with E-state index in [9.17, 15) is 8.42 Å². The van der Waals surface area contributed by atoms with Crippen molar-refractivity contribution in [1.82, 2.24) is 9.62 Å². The third-order valence-corrected chi connectivity index (χ3v) is 9.57. The van der Waals surface area contributed by atoms with Crippen molar-refractivity contribution in [3.63, 3.8) is 0 Å². The standard InChI is InChI=1S/C23H21Br2ClN2O2S2/c24-17-5-10-21(25)23(13-17)32(29,30)27-19-11-12-28(15-19)14-16-3-1-2-4-22(16)31-20-8-6-18(26)7-9-20/h1-10,13,19,27H,11-12,14-15H2. The molecule has 1 atom stereocenters. The molecule has 0 amide bonds. The zero-order valence-electron chi connectivity index (χ0n) is 17.0. The van der Waals surface area contributed by atoms with Crippen molar-refractivity contribution in [2.24, 2.45) is 0 Å². The molecule has 0 radical (unpaired) electrons. The molecule has 1 fully saturated rings. The summed E-state index contributed by atoms with van der Waals surface area (Å²) in [7, 11) is -3.61. The van der Waals surface area contributed by atoms with Gasteiger partial charge in [-0.3, -0.25) is 4.90 Å². The molecule has 4 nitrogen and oxygen atoms in total. The SMILES string of the molecule is O=S(=O)(NC1CCN(Cc2ccccc2Sc2ccc(Cl)cc2)C1)c1cc(Br)ccc1Br. The van der Waals surface area contributed by atoms with Crippen molar-refractivity contribution < 1.29 is 8.42 Å². The molecule has 0 aliphatic carbocycles. The van der Waals surface area contributed by atoms with Crippen LogP contribution in [0.5, 0.6) is 0 Å². The lowest BCUT2D eigenvalue weighted by atomic mass is 10.2. The molecular weight excluding hydrogens is 596 g/mol. The average molecular weight is 617 g/mol. The van der Waals surface area contributed by atoms with Crippen LogP contribution in [0.2, 0.25) is 5.02 Å². The van der Waals surface area contributed by atoms with Crippen LogP contribution in [0.15, 0.2) is 90.4 Å². The molecule has 1 aliphatic rings. The lowest BCUT2D eigenvalue weighted by Gasteiger charge is -2.19. The summed E-state index contributed by atoms with van der Waals surface area (Å²) < 4.78 is 30.0.